The van der Waals surface area contributed by atoms with Crippen LogP contribution in [0.25, 0.3) is 11.1 Å². The van der Waals surface area contributed by atoms with Crippen molar-refractivity contribution in [3.05, 3.63) is 48.9 Å². The Labute approximate surface area is 131 Å². The van der Waals surface area contributed by atoms with E-state index >= 15 is 0 Å². The van der Waals surface area contributed by atoms with E-state index in [-0.39, 0.29) is 0 Å². The van der Waals surface area contributed by atoms with E-state index in [2.05, 4.69) is 66.6 Å². The van der Waals surface area contributed by atoms with Gasteiger partial charge >= 0.3 is 0 Å². The lowest BCUT2D eigenvalue weighted by Crippen LogP contribution is -1.88. The third kappa shape index (κ3) is 3.03. The molecule has 0 saturated heterocycles. The fourth-order valence-corrected chi connectivity index (χ4v) is 2.99. The third-order valence-electron chi connectivity index (χ3n) is 2.39. The molecule has 2 aromatic rings. The van der Waals surface area contributed by atoms with E-state index < -0.39 is 0 Å². The zero-order valence-electron chi connectivity index (χ0n) is 9.01. The van der Waals surface area contributed by atoms with Crippen LogP contribution in [0.15, 0.2) is 45.3 Å². The maximum atomic E-state index is 5.27. The van der Waals surface area contributed by atoms with E-state index in [4.69, 9.17) is 4.74 Å². The van der Waals surface area contributed by atoms with Crippen LogP contribution in [0.1, 0.15) is 0 Å². The van der Waals surface area contributed by atoms with Crippen molar-refractivity contribution in [2.24, 2.45) is 0 Å². The van der Waals surface area contributed by atoms with Crippen LogP contribution in [0.5, 0.6) is 5.75 Å². The Balaban J connectivity index is 2.62. The number of hydrogen-bond donors (Lipinski definition) is 0. The zero-order valence-corrected chi connectivity index (χ0v) is 14.3. The standard InChI is InChI=1S/C13H9Br2IO/c1-17-9-3-5-13(16)11(7-9)10-6-8(14)2-4-12(10)15/h2-7H,1H3. The van der Waals surface area contributed by atoms with Crippen LogP contribution >= 0.6 is 54.5 Å². The number of ether oxygens (including phenoxy) is 1. The molecule has 0 atom stereocenters. The molecule has 1 nitrogen and oxygen atoms in total. The Morgan fingerprint density at radius 2 is 1.76 bits per heavy atom. The fourth-order valence-electron chi connectivity index (χ4n) is 1.54. The van der Waals surface area contributed by atoms with Gasteiger partial charge in [-0.15, -0.1) is 0 Å². The van der Waals surface area contributed by atoms with Crippen LogP contribution in [0.4, 0.5) is 0 Å². The second-order valence-corrected chi connectivity index (χ2v) is 6.40. The summed E-state index contributed by atoms with van der Waals surface area (Å²) in [6.07, 6.45) is 0. The van der Waals surface area contributed by atoms with Crippen molar-refractivity contribution >= 4 is 54.5 Å². The van der Waals surface area contributed by atoms with E-state index in [1.54, 1.807) is 7.11 Å². The normalized spacial score (nSPS) is 10.4. The Morgan fingerprint density at radius 1 is 1.00 bits per heavy atom. The van der Waals surface area contributed by atoms with Gasteiger partial charge in [-0.2, -0.15) is 0 Å². The first-order valence-electron chi connectivity index (χ1n) is 4.91. The molecule has 0 saturated carbocycles. The van der Waals surface area contributed by atoms with Gasteiger partial charge in [-0.1, -0.05) is 31.9 Å². The van der Waals surface area contributed by atoms with Crippen LogP contribution in [0, 0.1) is 3.57 Å². The summed E-state index contributed by atoms with van der Waals surface area (Å²) in [5.74, 6) is 0.868. The first-order chi connectivity index (χ1) is 8.11. The van der Waals surface area contributed by atoms with Gasteiger partial charge in [0.15, 0.2) is 0 Å². The average molecular weight is 468 g/mol. The predicted octanol–water partition coefficient (Wildman–Crippen LogP) is 5.49. The molecule has 2 rings (SSSR count). The molecule has 0 N–H and O–H groups in total. The average Bonchev–Trinajstić information content (AvgIpc) is 2.33. The number of benzene rings is 2. The molecule has 0 aliphatic heterocycles. The highest BCUT2D eigenvalue weighted by molar-refractivity contribution is 14.1. The molecule has 0 aliphatic rings. The van der Waals surface area contributed by atoms with Gasteiger partial charge in [-0.25, -0.2) is 0 Å². The summed E-state index contributed by atoms with van der Waals surface area (Å²) in [7, 11) is 1.68. The highest BCUT2D eigenvalue weighted by Gasteiger charge is 2.09. The van der Waals surface area contributed by atoms with Crippen LogP contribution in [0.2, 0.25) is 0 Å². The summed E-state index contributed by atoms with van der Waals surface area (Å²) in [4.78, 5) is 0. The van der Waals surface area contributed by atoms with Gasteiger partial charge in [0.2, 0.25) is 0 Å². The van der Waals surface area contributed by atoms with E-state index in [1.807, 2.05) is 24.3 Å². The van der Waals surface area contributed by atoms with Crippen molar-refractivity contribution in [3.8, 4) is 16.9 Å². The number of rotatable bonds is 2. The van der Waals surface area contributed by atoms with Gasteiger partial charge in [0.25, 0.3) is 0 Å². The highest BCUT2D eigenvalue weighted by Crippen LogP contribution is 2.35. The second kappa shape index (κ2) is 5.71. The molecule has 0 amide bonds. The van der Waals surface area contributed by atoms with Crippen LogP contribution < -0.4 is 4.74 Å². The van der Waals surface area contributed by atoms with Crippen LogP contribution in [-0.4, -0.2) is 7.11 Å². The molecular weight excluding hydrogens is 459 g/mol. The van der Waals surface area contributed by atoms with E-state index in [1.165, 1.54) is 3.57 Å². The topological polar surface area (TPSA) is 9.23 Å². The van der Waals surface area contributed by atoms with Crippen molar-refractivity contribution in [3.63, 3.8) is 0 Å². The second-order valence-electron chi connectivity index (χ2n) is 3.47. The van der Waals surface area contributed by atoms with Crippen molar-refractivity contribution in [2.45, 2.75) is 0 Å². The van der Waals surface area contributed by atoms with Crippen molar-refractivity contribution < 1.29 is 4.74 Å². The van der Waals surface area contributed by atoms with Crippen LogP contribution in [-0.2, 0) is 0 Å². The Kier molecular flexibility index (Phi) is 4.49. The van der Waals surface area contributed by atoms with Gasteiger partial charge in [-0.3, -0.25) is 0 Å². The fraction of sp³-hybridized carbons (Fsp3) is 0.0769. The largest absolute Gasteiger partial charge is 0.497 e. The lowest BCUT2D eigenvalue weighted by Gasteiger charge is -2.10. The summed E-state index contributed by atoms with van der Waals surface area (Å²) < 4.78 is 8.61. The summed E-state index contributed by atoms with van der Waals surface area (Å²) in [6, 6.07) is 12.2. The number of halogens is 3. The molecule has 0 aliphatic carbocycles. The highest BCUT2D eigenvalue weighted by atomic mass is 127. The quantitative estimate of drug-likeness (QED) is 0.530. The Morgan fingerprint density at radius 3 is 2.47 bits per heavy atom. The van der Waals surface area contributed by atoms with E-state index in [0.717, 1.165) is 25.8 Å². The zero-order chi connectivity index (χ0) is 12.4. The molecule has 2 aromatic carbocycles. The minimum atomic E-state index is 0.868. The van der Waals surface area contributed by atoms with E-state index in [0.29, 0.717) is 0 Å². The van der Waals surface area contributed by atoms with Gasteiger partial charge in [0.05, 0.1) is 7.11 Å². The first-order valence-corrected chi connectivity index (χ1v) is 7.57. The predicted molar refractivity (Wildman–Crippen MR) is 86.5 cm³/mol. The molecule has 0 fully saturated rings. The van der Waals surface area contributed by atoms with Gasteiger partial charge in [0.1, 0.15) is 5.75 Å². The van der Waals surface area contributed by atoms with Gasteiger partial charge in [-0.05, 0) is 70.1 Å². The molecule has 17 heavy (non-hydrogen) atoms. The van der Waals surface area contributed by atoms with Crippen molar-refractivity contribution in [1.82, 2.24) is 0 Å². The van der Waals surface area contributed by atoms with Gasteiger partial charge < -0.3 is 4.74 Å². The SMILES string of the molecule is COc1ccc(I)c(-c2cc(Br)ccc2Br)c1. The third-order valence-corrected chi connectivity index (χ3v) is 4.52. The molecule has 0 heterocycles. The summed E-state index contributed by atoms with van der Waals surface area (Å²) >= 11 is 9.42. The lowest BCUT2D eigenvalue weighted by molar-refractivity contribution is 0.415. The summed E-state index contributed by atoms with van der Waals surface area (Å²) in [5, 5.41) is 0. The lowest BCUT2D eigenvalue weighted by atomic mass is 10.1. The molecule has 0 unspecified atom stereocenters. The Hall–Kier alpha value is -0.0700. The molecule has 0 radical (unpaired) electrons. The van der Waals surface area contributed by atoms with Gasteiger partial charge in [0, 0.05) is 12.5 Å². The summed E-state index contributed by atoms with van der Waals surface area (Å²) in [6.45, 7) is 0. The van der Waals surface area contributed by atoms with E-state index in [9.17, 15) is 0 Å². The number of hydrogen-bond acceptors (Lipinski definition) is 1. The molecule has 4 heteroatoms. The van der Waals surface area contributed by atoms with Crippen molar-refractivity contribution in [1.29, 1.82) is 0 Å². The molecule has 0 aromatic heterocycles. The summed E-state index contributed by atoms with van der Waals surface area (Å²) in [5.41, 5.74) is 2.32. The maximum Gasteiger partial charge on any atom is 0.119 e. The smallest absolute Gasteiger partial charge is 0.119 e. The monoisotopic (exact) mass is 466 g/mol. The molecule has 0 bridgehead atoms. The van der Waals surface area contributed by atoms with Crippen molar-refractivity contribution in [2.75, 3.05) is 7.11 Å². The maximum absolute atomic E-state index is 5.27. The molecule has 88 valence electrons. The number of methoxy groups -OCH3 is 1. The van der Waals surface area contributed by atoms with Crippen LogP contribution in [0.3, 0.4) is 0 Å². The molecular formula is C13H9Br2IO. The minimum absolute atomic E-state index is 0.868. The minimum Gasteiger partial charge on any atom is -0.497 e. The molecule has 0 spiro atoms. The Bertz CT molecular complexity index is 555. The first kappa shape index (κ1) is 13.4.